The molecule has 0 spiro atoms. The van der Waals surface area contributed by atoms with Crippen molar-refractivity contribution >= 4 is 22.9 Å². The molecular formula is C20H18F3N7O2. The predicted molar refractivity (Wildman–Crippen MR) is 107 cm³/mol. The number of hydrogen-bond acceptors (Lipinski definition) is 6. The van der Waals surface area contributed by atoms with E-state index >= 15 is 0 Å². The number of nitrogens with zero attached hydrogens (tertiary/aromatic N) is 7. The quantitative estimate of drug-likeness (QED) is 0.644. The maximum absolute atomic E-state index is 14.0. The average Bonchev–Trinajstić information content (AvgIpc) is 3.15. The predicted octanol–water partition coefficient (Wildman–Crippen LogP) is 3.28. The Balaban J connectivity index is 1.91. The topological polar surface area (TPSA) is 111 Å². The maximum atomic E-state index is 14.0. The number of hydrogen-bond donors (Lipinski definition) is 1. The molecular weight excluding hydrogens is 427 g/mol. The van der Waals surface area contributed by atoms with E-state index in [0.717, 1.165) is 6.20 Å². The highest BCUT2D eigenvalue weighted by atomic mass is 19.4. The first-order valence-electron chi connectivity index (χ1n) is 9.67. The summed E-state index contributed by atoms with van der Waals surface area (Å²) in [7, 11) is 0. The van der Waals surface area contributed by atoms with Crippen LogP contribution in [-0.2, 0) is 6.18 Å². The molecule has 1 unspecified atom stereocenters. The fourth-order valence-electron chi connectivity index (χ4n) is 3.96. The van der Waals surface area contributed by atoms with Crippen molar-refractivity contribution in [2.45, 2.75) is 32.1 Å². The van der Waals surface area contributed by atoms with Crippen LogP contribution in [0.1, 0.15) is 25.0 Å². The number of aromatic nitrogens is 4. The zero-order chi connectivity index (χ0) is 23.2. The van der Waals surface area contributed by atoms with E-state index in [1.54, 1.807) is 18.7 Å². The van der Waals surface area contributed by atoms with Crippen molar-refractivity contribution in [3.8, 4) is 11.9 Å². The molecule has 3 aromatic heterocycles. The second-order valence-corrected chi connectivity index (χ2v) is 7.61. The van der Waals surface area contributed by atoms with Gasteiger partial charge in [0.1, 0.15) is 18.0 Å². The van der Waals surface area contributed by atoms with Crippen LogP contribution in [0.3, 0.4) is 0 Å². The fourth-order valence-corrected chi connectivity index (χ4v) is 3.96. The number of alkyl halides is 3. The van der Waals surface area contributed by atoms with Crippen molar-refractivity contribution in [3.05, 3.63) is 42.0 Å². The molecule has 0 radical (unpaired) electrons. The highest BCUT2D eigenvalue weighted by Gasteiger charge is 2.40. The number of rotatable bonds is 2. The number of amides is 1. The fraction of sp³-hybridized carbons (Fsp3) is 0.350. The Kier molecular flexibility index (Phi) is 5.12. The van der Waals surface area contributed by atoms with Crippen molar-refractivity contribution in [2.75, 3.05) is 18.0 Å². The number of fused-ring (bicyclic) bond motifs is 1. The summed E-state index contributed by atoms with van der Waals surface area (Å²) in [6.45, 7) is 3.72. The third-order valence-electron chi connectivity index (χ3n) is 5.49. The standard InChI is InChI=1S/C20H18F3N7O2/c1-11-8-29(19(31)32)12(2)7-28(11)17-16-14(20(21,22)23)9-30(18(16)27-10-26-17)15-5-13(6-24)3-4-25-15/h3-5,9-12H,7-8H2,1-2H3,(H,31,32)/t11?,12-/m1/s1. The van der Waals surface area contributed by atoms with Gasteiger partial charge in [-0.2, -0.15) is 18.4 Å². The summed E-state index contributed by atoms with van der Waals surface area (Å²) < 4.78 is 43.3. The summed E-state index contributed by atoms with van der Waals surface area (Å²) in [6, 6.07) is 3.91. The highest BCUT2D eigenvalue weighted by Crippen LogP contribution is 2.41. The Bertz CT molecular complexity index is 1230. The Morgan fingerprint density at radius 3 is 2.62 bits per heavy atom. The number of pyridine rings is 1. The molecule has 1 fully saturated rings. The van der Waals surface area contributed by atoms with Gasteiger partial charge in [-0.3, -0.25) is 4.57 Å². The van der Waals surface area contributed by atoms with E-state index in [9.17, 15) is 23.1 Å². The van der Waals surface area contributed by atoms with Crippen LogP contribution in [-0.4, -0.2) is 60.8 Å². The monoisotopic (exact) mass is 445 g/mol. The minimum absolute atomic E-state index is 0.00886. The first-order valence-corrected chi connectivity index (χ1v) is 9.67. The smallest absolute Gasteiger partial charge is 0.418 e. The van der Waals surface area contributed by atoms with E-state index in [-0.39, 0.29) is 41.3 Å². The van der Waals surface area contributed by atoms with E-state index < -0.39 is 29.9 Å². The Morgan fingerprint density at radius 2 is 1.97 bits per heavy atom. The molecule has 1 aliphatic rings. The van der Waals surface area contributed by atoms with E-state index in [0.29, 0.717) is 0 Å². The first-order chi connectivity index (χ1) is 15.1. The van der Waals surface area contributed by atoms with Crippen molar-refractivity contribution in [1.29, 1.82) is 5.26 Å². The van der Waals surface area contributed by atoms with Gasteiger partial charge < -0.3 is 14.9 Å². The van der Waals surface area contributed by atoms with Crippen LogP contribution in [0.25, 0.3) is 16.9 Å². The average molecular weight is 445 g/mol. The molecule has 9 nitrogen and oxygen atoms in total. The van der Waals surface area contributed by atoms with Gasteiger partial charge in [0.05, 0.1) is 22.6 Å². The van der Waals surface area contributed by atoms with Crippen molar-refractivity contribution < 1.29 is 23.1 Å². The minimum Gasteiger partial charge on any atom is -0.465 e. The number of nitriles is 1. The lowest BCUT2D eigenvalue weighted by Gasteiger charge is -2.43. The third-order valence-corrected chi connectivity index (χ3v) is 5.49. The van der Waals surface area contributed by atoms with Crippen molar-refractivity contribution in [1.82, 2.24) is 24.4 Å². The minimum atomic E-state index is -4.70. The number of anilines is 1. The normalized spacial score (nSPS) is 19.2. The van der Waals surface area contributed by atoms with Crippen LogP contribution < -0.4 is 4.90 Å². The van der Waals surface area contributed by atoms with Crippen LogP contribution in [0.5, 0.6) is 0 Å². The molecule has 32 heavy (non-hydrogen) atoms. The maximum Gasteiger partial charge on any atom is 0.418 e. The van der Waals surface area contributed by atoms with Crippen LogP contribution >= 0.6 is 0 Å². The van der Waals surface area contributed by atoms with Gasteiger partial charge in [0.15, 0.2) is 5.65 Å². The van der Waals surface area contributed by atoms with E-state index in [2.05, 4.69) is 15.0 Å². The van der Waals surface area contributed by atoms with Gasteiger partial charge in [-0.05, 0) is 26.0 Å². The molecule has 12 heteroatoms. The van der Waals surface area contributed by atoms with E-state index in [1.165, 1.54) is 34.1 Å². The number of carbonyl (C=O) groups is 1. The lowest BCUT2D eigenvalue weighted by Crippen LogP contribution is -2.58. The molecule has 1 saturated heterocycles. The van der Waals surface area contributed by atoms with Gasteiger partial charge in [0.25, 0.3) is 0 Å². The molecule has 1 aliphatic heterocycles. The largest absolute Gasteiger partial charge is 0.465 e. The van der Waals surface area contributed by atoms with Gasteiger partial charge in [0, 0.05) is 37.6 Å². The van der Waals surface area contributed by atoms with Crippen LogP contribution in [0.4, 0.5) is 23.8 Å². The number of piperazine rings is 1. The van der Waals surface area contributed by atoms with Gasteiger partial charge in [0.2, 0.25) is 0 Å². The van der Waals surface area contributed by atoms with Crippen molar-refractivity contribution in [3.63, 3.8) is 0 Å². The van der Waals surface area contributed by atoms with Crippen molar-refractivity contribution in [2.24, 2.45) is 0 Å². The summed E-state index contributed by atoms with van der Waals surface area (Å²) in [4.78, 5) is 26.7. The molecule has 0 aliphatic carbocycles. The highest BCUT2D eigenvalue weighted by molar-refractivity contribution is 5.93. The molecule has 4 heterocycles. The molecule has 0 saturated carbocycles. The van der Waals surface area contributed by atoms with Gasteiger partial charge in [-0.25, -0.2) is 19.7 Å². The second kappa shape index (κ2) is 7.67. The Morgan fingerprint density at radius 1 is 1.22 bits per heavy atom. The molecule has 0 aromatic carbocycles. The zero-order valence-electron chi connectivity index (χ0n) is 17.1. The second-order valence-electron chi connectivity index (χ2n) is 7.61. The summed E-state index contributed by atoms with van der Waals surface area (Å²) >= 11 is 0. The Labute approximate surface area is 180 Å². The van der Waals surface area contributed by atoms with E-state index in [4.69, 9.17) is 5.26 Å². The van der Waals surface area contributed by atoms with Crippen LogP contribution in [0.15, 0.2) is 30.9 Å². The SMILES string of the molecule is CC1CN(C(=O)O)[C@H](C)CN1c1ncnc2c1c(C(F)(F)F)cn2-c1cc(C#N)ccn1. The molecule has 4 rings (SSSR count). The van der Waals surface area contributed by atoms with Gasteiger partial charge >= 0.3 is 12.3 Å². The van der Waals surface area contributed by atoms with Crippen LogP contribution in [0, 0.1) is 11.3 Å². The first kappa shape index (κ1) is 21.4. The molecule has 2 atom stereocenters. The lowest BCUT2D eigenvalue weighted by molar-refractivity contribution is -0.136. The summed E-state index contributed by atoms with van der Waals surface area (Å²) in [5.74, 6) is 0.188. The van der Waals surface area contributed by atoms with Gasteiger partial charge in [-0.15, -0.1) is 0 Å². The molecule has 1 amide bonds. The van der Waals surface area contributed by atoms with Gasteiger partial charge in [-0.1, -0.05) is 0 Å². The molecule has 166 valence electrons. The zero-order valence-corrected chi connectivity index (χ0v) is 17.1. The number of halogens is 3. The molecule has 1 N–H and O–H groups in total. The van der Waals surface area contributed by atoms with Crippen LogP contribution in [0.2, 0.25) is 0 Å². The lowest BCUT2D eigenvalue weighted by atomic mass is 10.1. The summed E-state index contributed by atoms with van der Waals surface area (Å²) in [5, 5.41) is 18.3. The summed E-state index contributed by atoms with van der Waals surface area (Å²) in [5.41, 5.74) is -0.704. The summed E-state index contributed by atoms with van der Waals surface area (Å²) in [6.07, 6.45) is -2.38. The Hall–Kier alpha value is -3.88. The molecule has 0 bridgehead atoms. The van der Waals surface area contributed by atoms with E-state index in [1.807, 2.05) is 6.07 Å². The number of carboxylic acid groups (broad SMARTS) is 1. The third kappa shape index (κ3) is 3.55. The molecule has 3 aromatic rings.